The fourth-order valence-corrected chi connectivity index (χ4v) is 3.20. The molecule has 0 spiro atoms. The van der Waals surface area contributed by atoms with Gasteiger partial charge in [-0.15, -0.1) is 0 Å². The molecule has 138 valence electrons. The first-order valence-electron chi connectivity index (χ1n) is 8.94. The summed E-state index contributed by atoms with van der Waals surface area (Å²) in [5.74, 6) is -0.397. The second-order valence-electron chi connectivity index (χ2n) is 6.61. The summed E-state index contributed by atoms with van der Waals surface area (Å²) in [4.78, 5) is 33.1. The molecule has 1 aliphatic heterocycles. The Labute approximate surface area is 151 Å². The van der Waals surface area contributed by atoms with E-state index >= 15 is 0 Å². The lowest BCUT2D eigenvalue weighted by atomic mass is 10.1. The summed E-state index contributed by atoms with van der Waals surface area (Å²) >= 11 is 0. The van der Waals surface area contributed by atoms with E-state index in [0.29, 0.717) is 12.2 Å². The van der Waals surface area contributed by atoms with Crippen molar-refractivity contribution in [1.82, 2.24) is 14.5 Å². The third kappa shape index (κ3) is 4.11. The van der Waals surface area contributed by atoms with Crippen molar-refractivity contribution in [3.8, 4) is 11.6 Å². The molecule has 1 aromatic carbocycles. The van der Waals surface area contributed by atoms with E-state index in [1.165, 1.54) is 25.5 Å². The maximum Gasteiger partial charge on any atom is 0.335 e. The van der Waals surface area contributed by atoms with Gasteiger partial charge in [-0.25, -0.2) is 9.36 Å². The van der Waals surface area contributed by atoms with Gasteiger partial charge >= 0.3 is 5.69 Å². The van der Waals surface area contributed by atoms with Crippen molar-refractivity contribution in [2.24, 2.45) is 4.99 Å². The molecule has 0 atom stereocenters. The van der Waals surface area contributed by atoms with Crippen LogP contribution in [0.2, 0.25) is 0 Å². The minimum Gasteiger partial charge on any atom is -0.493 e. The first kappa shape index (κ1) is 18.1. The van der Waals surface area contributed by atoms with E-state index in [9.17, 15) is 14.7 Å². The Bertz CT molecular complexity index is 908. The summed E-state index contributed by atoms with van der Waals surface area (Å²) in [7, 11) is 0. The van der Waals surface area contributed by atoms with Crippen LogP contribution in [0.5, 0.6) is 5.88 Å². The Morgan fingerprint density at radius 1 is 1.23 bits per heavy atom. The van der Waals surface area contributed by atoms with E-state index < -0.39 is 17.1 Å². The van der Waals surface area contributed by atoms with Crippen LogP contribution in [0.4, 0.5) is 0 Å². The number of likely N-dealkylation sites (tertiary alicyclic amines) is 1. The van der Waals surface area contributed by atoms with E-state index in [2.05, 4.69) is 14.9 Å². The number of hydrogen-bond donors (Lipinski definition) is 2. The molecular weight excluding hydrogens is 332 g/mol. The SMILES string of the molecule is Cc1cccc(-n2c(O)c(C=NCCN3CCCCC3)c(=O)[nH]c2=O)c1. The first-order valence-corrected chi connectivity index (χ1v) is 8.94. The Morgan fingerprint density at radius 2 is 2.00 bits per heavy atom. The number of rotatable bonds is 5. The molecule has 2 aromatic rings. The maximum atomic E-state index is 12.2. The topological polar surface area (TPSA) is 90.7 Å². The number of aromatic hydroxyl groups is 1. The molecule has 0 radical (unpaired) electrons. The molecule has 1 aliphatic rings. The van der Waals surface area contributed by atoms with Crippen molar-refractivity contribution in [2.75, 3.05) is 26.2 Å². The molecule has 0 saturated carbocycles. The lowest BCUT2D eigenvalue weighted by Gasteiger charge is -2.25. The molecule has 1 saturated heterocycles. The van der Waals surface area contributed by atoms with Crippen LogP contribution in [0.15, 0.2) is 38.8 Å². The lowest BCUT2D eigenvalue weighted by Crippen LogP contribution is -2.32. The molecule has 1 fully saturated rings. The van der Waals surface area contributed by atoms with E-state index in [1.807, 2.05) is 13.0 Å². The summed E-state index contributed by atoms with van der Waals surface area (Å²) in [6.07, 6.45) is 5.06. The zero-order valence-corrected chi connectivity index (χ0v) is 14.9. The van der Waals surface area contributed by atoms with Crippen LogP contribution in [0.1, 0.15) is 30.4 Å². The van der Waals surface area contributed by atoms with Crippen LogP contribution in [0, 0.1) is 6.92 Å². The van der Waals surface area contributed by atoms with Gasteiger partial charge in [0.2, 0.25) is 5.88 Å². The van der Waals surface area contributed by atoms with Gasteiger partial charge < -0.3 is 10.0 Å². The fourth-order valence-electron chi connectivity index (χ4n) is 3.20. The Kier molecular flexibility index (Phi) is 5.68. The molecule has 1 aromatic heterocycles. The number of aromatic amines is 1. The van der Waals surface area contributed by atoms with Crippen LogP contribution < -0.4 is 11.2 Å². The molecule has 3 rings (SSSR count). The maximum absolute atomic E-state index is 12.2. The van der Waals surface area contributed by atoms with Crippen molar-refractivity contribution >= 4 is 6.21 Å². The van der Waals surface area contributed by atoms with Gasteiger partial charge in [0.1, 0.15) is 5.56 Å². The molecular formula is C19H24N4O3. The van der Waals surface area contributed by atoms with Crippen molar-refractivity contribution in [1.29, 1.82) is 0 Å². The highest BCUT2D eigenvalue weighted by Gasteiger charge is 2.14. The van der Waals surface area contributed by atoms with Crippen molar-refractivity contribution in [3.05, 3.63) is 56.2 Å². The van der Waals surface area contributed by atoms with Gasteiger partial charge in [-0.1, -0.05) is 18.6 Å². The van der Waals surface area contributed by atoms with Crippen LogP contribution in [-0.2, 0) is 0 Å². The lowest BCUT2D eigenvalue weighted by molar-refractivity contribution is 0.235. The second kappa shape index (κ2) is 8.14. The molecule has 0 unspecified atom stereocenters. The van der Waals surface area contributed by atoms with Crippen LogP contribution >= 0.6 is 0 Å². The number of H-pyrrole nitrogens is 1. The normalized spacial score (nSPS) is 15.6. The number of nitrogens with zero attached hydrogens (tertiary/aromatic N) is 3. The predicted octanol–water partition coefficient (Wildman–Crippen LogP) is 1.44. The van der Waals surface area contributed by atoms with Crippen LogP contribution in [0.25, 0.3) is 5.69 Å². The van der Waals surface area contributed by atoms with Gasteiger partial charge in [0.25, 0.3) is 5.56 Å². The average molecular weight is 356 g/mol. The molecule has 2 heterocycles. The quantitative estimate of drug-likeness (QED) is 0.793. The molecule has 0 aliphatic carbocycles. The van der Waals surface area contributed by atoms with Gasteiger partial charge in [0.05, 0.1) is 12.2 Å². The highest BCUT2D eigenvalue weighted by atomic mass is 16.3. The van der Waals surface area contributed by atoms with E-state index in [0.717, 1.165) is 29.8 Å². The molecule has 0 bridgehead atoms. The molecule has 26 heavy (non-hydrogen) atoms. The molecule has 2 N–H and O–H groups in total. The number of aromatic nitrogens is 2. The monoisotopic (exact) mass is 356 g/mol. The Hall–Kier alpha value is -2.67. The number of nitrogens with one attached hydrogen (secondary N) is 1. The number of aliphatic imine (C=N–C) groups is 1. The van der Waals surface area contributed by atoms with E-state index in [1.54, 1.807) is 18.2 Å². The number of hydrogen-bond acceptors (Lipinski definition) is 5. The smallest absolute Gasteiger partial charge is 0.335 e. The van der Waals surface area contributed by atoms with E-state index in [4.69, 9.17) is 0 Å². The Balaban J connectivity index is 1.83. The highest BCUT2D eigenvalue weighted by molar-refractivity contribution is 5.82. The summed E-state index contributed by atoms with van der Waals surface area (Å²) in [5, 5.41) is 10.5. The van der Waals surface area contributed by atoms with E-state index in [-0.39, 0.29) is 5.56 Å². The number of benzene rings is 1. The average Bonchev–Trinajstić information content (AvgIpc) is 2.61. The number of piperidine rings is 1. The van der Waals surface area contributed by atoms with Crippen molar-refractivity contribution < 1.29 is 5.11 Å². The van der Waals surface area contributed by atoms with Gasteiger partial charge in [-0.2, -0.15) is 0 Å². The van der Waals surface area contributed by atoms with Gasteiger partial charge in [-0.3, -0.25) is 14.8 Å². The number of aryl methyl sites for hydroxylation is 1. The summed E-state index contributed by atoms with van der Waals surface area (Å²) < 4.78 is 1.08. The van der Waals surface area contributed by atoms with Crippen molar-refractivity contribution in [3.63, 3.8) is 0 Å². The zero-order chi connectivity index (χ0) is 18.5. The largest absolute Gasteiger partial charge is 0.493 e. The standard InChI is InChI=1S/C19H24N4O3/c1-14-6-5-7-15(12-14)23-18(25)16(17(24)21-19(23)26)13-20-8-11-22-9-3-2-4-10-22/h5-7,12-13,25H,2-4,8-11H2,1H3,(H,21,24,26). The molecule has 0 amide bonds. The summed E-state index contributed by atoms with van der Waals surface area (Å²) in [6, 6.07) is 7.13. The second-order valence-corrected chi connectivity index (χ2v) is 6.61. The minimum absolute atomic E-state index is 0.00949. The summed E-state index contributed by atoms with van der Waals surface area (Å²) in [6.45, 7) is 5.43. The zero-order valence-electron chi connectivity index (χ0n) is 14.9. The predicted molar refractivity (Wildman–Crippen MR) is 102 cm³/mol. The first-order chi connectivity index (χ1) is 12.6. The third-order valence-electron chi connectivity index (χ3n) is 4.60. The van der Waals surface area contributed by atoms with Gasteiger partial charge in [0, 0.05) is 12.8 Å². The van der Waals surface area contributed by atoms with Gasteiger partial charge in [0.15, 0.2) is 0 Å². The van der Waals surface area contributed by atoms with Crippen molar-refractivity contribution in [2.45, 2.75) is 26.2 Å². The third-order valence-corrected chi connectivity index (χ3v) is 4.60. The highest BCUT2D eigenvalue weighted by Crippen LogP contribution is 2.16. The Morgan fingerprint density at radius 3 is 2.73 bits per heavy atom. The fraction of sp³-hybridized carbons (Fsp3) is 0.421. The molecule has 7 heteroatoms. The minimum atomic E-state index is -0.677. The van der Waals surface area contributed by atoms with Gasteiger partial charge in [-0.05, 0) is 50.6 Å². The molecule has 7 nitrogen and oxygen atoms in total. The van der Waals surface area contributed by atoms with Crippen LogP contribution in [0.3, 0.4) is 0 Å². The van der Waals surface area contributed by atoms with Crippen LogP contribution in [-0.4, -0.2) is 52.0 Å². The summed E-state index contributed by atoms with van der Waals surface area (Å²) in [5.41, 5.74) is 0.106.